The first kappa shape index (κ1) is 15.0. The monoisotopic (exact) mass is 289 g/mol. The van der Waals surface area contributed by atoms with E-state index in [0.717, 1.165) is 18.2 Å². The normalized spacial score (nSPS) is 9.70. The molecule has 0 unspecified atom stereocenters. The number of hydrogen-bond donors (Lipinski definition) is 3. The van der Waals surface area contributed by atoms with Gasteiger partial charge >= 0.3 is 0 Å². The highest BCUT2D eigenvalue weighted by molar-refractivity contribution is 7.89. The second-order valence-electron chi connectivity index (χ2n) is 3.43. The van der Waals surface area contributed by atoms with Crippen LogP contribution in [0.15, 0.2) is 34.4 Å². The number of primary sulfonamides is 1. The van der Waals surface area contributed by atoms with Crippen molar-refractivity contribution in [2.24, 2.45) is 5.14 Å². The third-order valence-corrected chi connectivity index (χ3v) is 3.05. The van der Waals surface area contributed by atoms with Crippen LogP contribution in [0.3, 0.4) is 0 Å². The summed E-state index contributed by atoms with van der Waals surface area (Å²) in [4.78, 5) is -0.316. The van der Waals surface area contributed by atoms with Gasteiger partial charge in [0.2, 0.25) is 10.0 Å². The van der Waals surface area contributed by atoms with Gasteiger partial charge in [-0.3, -0.25) is 0 Å². The van der Waals surface area contributed by atoms with Gasteiger partial charge in [0.25, 0.3) is 0 Å². The van der Waals surface area contributed by atoms with Crippen molar-refractivity contribution in [1.82, 2.24) is 0 Å². The molecular formula is C11H7N5O3S. The maximum absolute atomic E-state index is 11.1. The van der Waals surface area contributed by atoms with E-state index in [0.29, 0.717) is 0 Å². The molecule has 0 radical (unpaired) electrons. The van der Waals surface area contributed by atoms with Gasteiger partial charge in [-0.2, -0.15) is 15.8 Å². The summed E-state index contributed by atoms with van der Waals surface area (Å²) in [7, 11) is -3.97. The molecule has 0 fully saturated rings. The quantitative estimate of drug-likeness (QED) is 0.531. The summed E-state index contributed by atoms with van der Waals surface area (Å²) in [6.07, 6.45) is 0. The van der Waals surface area contributed by atoms with Gasteiger partial charge in [0.1, 0.15) is 29.7 Å². The molecule has 1 aromatic rings. The maximum atomic E-state index is 11.1. The lowest BCUT2D eigenvalue weighted by atomic mass is 10.2. The van der Waals surface area contributed by atoms with E-state index in [1.807, 2.05) is 0 Å². The van der Waals surface area contributed by atoms with Gasteiger partial charge in [-0.1, -0.05) is 0 Å². The molecule has 1 rings (SSSR count). The van der Waals surface area contributed by atoms with Crippen LogP contribution in [0.25, 0.3) is 0 Å². The number of benzene rings is 1. The zero-order chi connectivity index (χ0) is 15.3. The predicted octanol–water partition coefficient (Wildman–Crippen LogP) is 0.276. The number of phenolic OH excluding ortho intramolecular Hbond substituents is 1. The topological polar surface area (TPSA) is 164 Å². The molecule has 0 bridgehead atoms. The van der Waals surface area contributed by atoms with Crippen LogP contribution in [0.1, 0.15) is 0 Å². The Bertz CT molecular complexity index is 790. The Morgan fingerprint density at radius 1 is 1.20 bits per heavy atom. The minimum atomic E-state index is -3.97. The highest BCUT2D eigenvalue weighted by Gasteiger charge is 2.13. The van der Waals surface area contributed by atoms with Crippen molar-refractivity contribution in [2.75, 3.05) is 5.32 Å². The number of sulfonamides is 1. The lowest BCUT2D eigenvalue weighted by Crippen LogP contribution is -2.12. The number of phenols is 1. The summed E-state index contributed by atoms with van der Waals surface area (Å²) in [5, 5.41) is 43.0. The predicted molar refractivity (Wildman–Crippen MR) is 67.0 cm³/mol. The minimum absolute atomic E-state index is 0.0445. The average Bonchev–Trinajstić information content (AvgIpc) is 2.39. The smallest absolute Gasteiger partial charge is 0.238 e. The lowest BCUT2D eigenvalue weighted by molar-refractivity contribution is 0.475. The molecule has 1 aromatic carbocycles. The number of rotatable bonds is 3. The summed E-state index contributed by atoms with van der Waals surface area (Å²) in [6.45, 7) is 0. The largest absolute Gasteiger partial charge is 0.506 e. The summed E-state index contributed by atoms with van der Waals surface area (Å²) < 4.78 is 22.1. The zero-order valence-corrected chi connectivity index (χ0v) is 10.6. The van der Waals surface area contributed by atoms with Gasteiger partial charge in [0.15, 0.2) is 5.57 Å². The number of nitriles is 3. The van der Waals surface area contributed by atoms with E-state index in [9.17, 15) is 13.5 Å². The van der Waals surface area contributed by atoms with E-state index < -0.39 is 21.3 Å². The zero-order valence-electron chi connectivity index (χ0n) is 9.82. The highest BCUT2D eigenvalue weighted by atomic mass is 32.2. The van der Waals surface area contributed by atoms with Gasteiger partial charge in [0.05, 0.1) is 10.6 Å². The number of aromatic hydroxyl groups is 1. The van der Waals surface area contributed by atoms with Crippen LogP contribution in [-0.4, -0.2) is 13.5 Å². The van der Waals surface area contributed by atoms with Crippen LogP contribution in [-0.2, 0) is 10.0 Å². The minimum Gasteiger partial charge on any atom is -0.506 e. The van der Waals surface area contributed by atoms with Crippen LogP contribution >= 0.6 is 0 Å². The Morgan fingerprint density at radius 3 is 2.20 bits per heavy atom. The molecule has 0 aliphatic rings. The molecule has 4 N–H and O–H groups in total. The Labute approximate surface area is 114 Å². The van der Waals surface area contributed by atoms with Crippen molar-refractivity contribution >= 4 is 15.7 Å². The first-order valence-corrected chi connectivity index (χ1v) is 6.45. The van der Waals surface area contributed by atoms with Crippen molar-refractivity contribution in [3.05, 3.63) is 29.5 Å². The van der Waals surface area contributed by atoms with Gasteiger partial charge < -0.3 is 10.4 Å². The first-order chi connectivity index (χ1) is 9.33. The Kier molecular flexibility index (Phi) is 4.29. The molecule has 0 atom stereocenters. The molecule has 0 aliphatic carbocycles. The first-order valence-electron chi connectivity index (χ1n) is 4.91. The molecule has 0 heterocycles. The molecule has 0 saturated heterocycles. The molecule has 0 aromatic heterocycles. The van der Waals surface area contributed by atoms with Crippen molar-refractivity contribution < 1.29 is 13.5 Å². The van der Waals surface area contributed by atoms with Gasteiger partial charge in [-0.15, -0.1) is 0 Å². The molecule has 9 heteroatoms. The molecule has 0 saturated carbocycles. The molecule has 0 spiro atoms. The fourth-order valence-corrected chi connectivity index (χ4v) is 1.75. The maximum Gasteiger partial charge on any atom is 0.238 e. The number of nitrogens with zero attached hydrogens (tertiary/aromatic N) is 3. The second kappa shape index (κ2) is 5.72. The average molecular weight is 289 g/mol. The fourth-order valence-electron chi connectivity index (χ4n) is 1.21. The van der Waals surface area contributed by atoms with Crippen molar-refractivity contribution in [2.45, 2.75) is 4.90 Å². The number of allylic oxidation sites excluding steroid dienone is 2. The standard InChI is InChI=1S/C11H7N5O3S/c12-4-7(5-13)10(6-14)16-9-2-1-8(3-11(9)17)20(15,18)19/h1-3,16-17H,(H2,15,18,19). The van der Waals surface area contributed by atoms with Gasteiger partial charge in [-0.25, -0.2) is 13.6 Å². The van der Waals surface area contributed by atoms with Crippen molar-refractivity contribution in [1.29, 1.82) is 15.8 Å². The molecule has 20 heavy (non-hydrogen) atoms. The van der Waals surface area contributed by atoms with E-state index >= 15 is 0 Å². The van der Waals surface area contributed by atoms with E-state index in [4.69, 9.17) is 20.9 Å². The highest BCUT2D eigenvalue weighted by Crippen LogP contribution is 2.27. The van der Waals surface area contributed by atoms with E-state index in [2.05, 4.69) is 5.32 Å². The van der Waals surface area contributed by atoms with Crippen LogP contribution in [0.5, 0.6) is 5.75 Å². The van der Waals surface area contributed by atoms with Crippen LogP contribution < -0.4 is 10.5 Å². The number of nitrogens with two attached hydrogens (primary N) is 1. The summed E-state index contributed by atoms with van der Waals surface area (Å²) in [5.74, 6) is -0.500. The molecule has 0 aliphatic heterocycles. The molecule has 100 valence electrons. The lowest BCUT2D eigenvalue weighted by Gasteiger charge is -2.08. The van der Waals surface area contributed by atoms with E-state index in [1.54, 1.807) is 6.07 Å². The van der Waals surface area contributed by atoms with E-state index in [-0.39, 0.29) is 16.3 Å². The summed E-state index contributed by atoms with van der Waals surface area (Å²) >= 11 is 0. The van der Waals surface area contributed by atoms with Gasteiger partial charge in [-0.05, 0) is 12.1 Å². The molecule has 0 amide bonds. The van der Waals surface area contributed by atoms with E-state index in [1.165, 1.54) is 12.1 Å². The second-order valence-corrected chi connectivity index (χ2v) is 5.00. The van der Waals surface area contributed by atoms with Crippen LogP contribution in [0, 0.1) is 34.0 Å². The SMILES string of the molecule is N#CC(C#N)=C(C#N)Nc1ccc(S(N)(=O)=O)cc1O. The third kappa shape index (κ3) is 3.24. The summed E-state index contributed by atoms with van der Waals surface area (Å²) in [6, 6.07) is 7.76. The molecule has 8 nitrogen and oxygen atoms in total. The van der Waals surface area contributed by atoms with Crippen molar-refractivity contribution in [3.8, 4) is 24.0 Å². The Morgan fingerprint density at radius 2 is 1.80 bits per heavy atom. The Balaban J connectivity index is 3.27. The van der Waals surface area contributed by atoms with Crippen LogP contribution in [0.4, 0.5) is 5.69 Å². The Hall–Kier alpha value is -3.06. The third-order valence-electron chi connectivity index (χ3n) is 2.14. The molecular weight excluding hydrogens is 282 g/mol. The number of nitrogens with one attached hydrogen (secondary N) is 1. The number of anilines is 1. The number of hydrogen-bond acceptors (Lipinski definition) is 7. The van der Waals surface area contributed by atoms with Crippen molar-refractivity contribution in [3.63, 3.8) is 0 Å². The fraction of sp³-hybridized carbons (Fsp3) is 0. The summed E-state index contributed by atoms with van der Waals surface area (Å²) in [5.41, 5.74) is -0.881. The van der Waals surface area contributed by atoms with Gasteiger partial charge in [0, 0.05) is 6.07 Å². The van der Waals surface area contributed by atoms with Crippen LogP contribution in [0.2, 0.25) is 0 Å².